The topological polar surface area (TPSA) is 25.8 Å². The molecule has 0 bridgehead atoms. The van der Waals surface area contributed by atoms with Gasteiger partial charge in [0.2, 0.25) is 0 Å². The fraction of sp³-hybridized carbons (Fsp3) is 0.333. The Bertz CT molecular complexity index is 3170. The monoisotopic (exact) mass is 840 g/mol. The molecule has 0 saturated carbocycles. The van der Waals surface area contributed by atoms with Crippen molar-refractivity contribution in [3.05, 3.63) is 93.4 Å². The van der Waals surface area contributed by atoms with Crippen LogP contribution < -0.4 is 0 Å². The lowest BCUT2D eigenvalue weighted by atomic mass is 9.74. The minimum atomic E-state index is -0.101. The first kappa shape index (κ1) is 36.0. The van der Waals surface area contributed by atoms with E-state index >= 15 is 0 Å². The van der Waals surface area contributed by atoms with Crippen LogP contribution in [0.1, 0.15) is 102 Å². The van der Waals surface area contributed by atoms with Gasteiger partial charge in [0.25, 0.3) is 0 Å². The van der Waals surface area contributed by atoms with Crippen molar-refractivity contribution in [2.45, 2.75) is 90.2 Å². The van der Waals surface area contributed by atoms with Crippen LogP contribution in [0.15, 0.2) is 60.7 Å². The highest BCUT2D eigenvalue weighted by Crippen LogP contribution is 2.62. The van der Waals surface area contributed by atoms with E-state index in [0.29, 0.717) is 5.92 Å². The molecule has 2 aliphatic carbocycles. The number of thioether (sulfide) groups is 1. The van der Waals surface area contributed by atoms with E-state index in [1.807, 2.05) is 57.1 Å². The first-order valence-electron chi connectivity index (χ1n) is 19.5. The third-order valence-corrected chi connectivity index (χ3v) is 20.6. The zero-order valence-electron chi connectivity index (χ0n) is 33.7. The first-order valence-corrected chi connectivity index (χ1v) is 24.8. The van der Waals surface area contributed by atoms with Gasteiger partial charge in [-0.15, -0.1) is 45.3 Å². The van der Waals surface area contributed by atoms with Gasteiger partial charge in [-0.25, -0.2) is 0 Å². The highest BCUT2D eigenvalue weighted by atomic mass is 32.2. The van der Waals surface area contributed by atoms with Gasteiger partial charge in [-0.3, -0.25) is 0 Å². The summed E-state index contributed by atoms with van der Waals surface area (Å²) < 4.78 is 15.4. The summed E-state index contributed by atoms with van der Waals surface area (Å²) in [5.74, 6) is 0.498. The Kier molecular flexibility index (Phi) is 7.42. The Morgan fingerprint density at radius 3 is 1.73 bits per heavy atom. The summed E-state index contributed by atoms with van der Waals surface area (Å²) in [6.07, 6.45) is 2.22. The van der Waals surface area contributed by atoms with E-state index in [1.54, 1.807) is 0 Å². The van der Waals surface area contributed by atoms with Crippen molar-refractivity contribution in [1.82, 2.24) is 8.75 Å². The predicted molar refractivity (Wildman–Crippen MR) is 254 cm³/mol. The normalized spacial score (nSPS) is 15.9. The molecular weight excluding hydrogens is 797 g/mol. The zero-order chi connectivity index (χ0) is 39.0. The SMILES string of the molecule is CSC(C)(C)c1cc2cc3sc4c(c3cc2s1)C(C)(C)c1cc2c(cc1-4)C(C)(C)c1c-2sc2cc3cc(-c4ccc(C(C)(C)C(C)C)c5nsnc45)sc3cc12. The summed E-state index contributed by atoms with van der Waals surface area (Å²) in [5.41, 5.74) is 13.3. The highest BCUT2D eigenvalue weighted by molar-refractivity contribution is 7.99. The van der Waals surface area contributed by atoms with Crippen LogP contribution in [0.5, 0.6) is 0 Å². The summed E-state index contributed by atoms with van der Waals surface area (Å²) in [5, 5.41) is 5.55. The van der Waals surface area contributed by atoms with Crippen LogP contribution >= 0.6 is 68.8 Å². The number of aromatic nitrogens is 2. The van der Waals surface area contributed by atoms with Gasteiger partial charge in [0.15, 0.2) is 0 Å². The maximum absolute atomic E-state index is 4.86. The smallest absolute Gasteiger partial charge is 0.113 e. The molecule has 0 N–H and O–H groups in total. The van der Waals surface area contributed by atoms with Gasteiger partial charge in [-0.2, -0.15) is 20.5 Å². The molecule has 0 atom stereocenters. The molecule has 0 radical (unpaired) electrons. The van der Waals surface area contributed by atoms with Crippen LogP contribution in [0.4, 0.5) is 0 Å². The Morgan fingerprint density at radius 2 is 1.16 bits per heavy atom. The average Bonchev–Trinajstić information content (AvgIpc) is 4.01. The molecule has 9 aromatic rings. The van der Waals surface area contributed by atoms with Crippen molar-refractivity contribution in [2.75, 3.05) is 6.26 Å². The molecule has 11 rings (SSSR count). The van der Waals surface area contributed by atoms with Crippen molar-refractivity contribution in [1.29, 1.82) is 0 Å². The van der Waals surface area contributed by atoms with E-state index in [1.165, 1.54) is 116 Å². The quantitative estimate of drug-likeness (QED) is 0.173. The lowest BCUT2D eigenvalue weighted by Crippen LogP contribution is -2.24. The van der Waals surface area contributed by atoms with Crippen molar-refractivity contribution < 1.29 is 0 Å². The van der Waals surface area contributed by atoms with Crippen molar-refractivity contribution >= 4 is 120 Å². The second kappa shape index (κ2) is 11.5. The molecule has 0 saturated heterocycles. The molecule has 5 aromatic heterocycles. The first-order chi connectivity index (χ1) is 26.5. The van der Waals surface area contributed by atoms with Crippen molar-refractivity contribution in [3.8, 4) is 31.3 Å². The van der Waals surface area contributed by atoms with Crippen molar-refractivity contribution in [3.63, 3.8) is 0 Å². The van der Waals surface area contributed by atoms with Gasteiger partial charge in [-0.05, 0) is 140 Å². The molecule has 0 aliphatic heterocycles. The third-order valence-electron chi connectivity index (χ3n) is 13.8. The van der Waals surface area contributed by atoms with E-state index in [0.717, 1.165) is 11.0 Å². The molecule has 56 heavy (non-hydrogen) atoms. The summed E-state index contributed by atoms with van der Waals surface area (Å²) in [6.45, 7) is 23.8. The maximum atomic E-state index is 4.86. The molecule has 0 spiro atoms. The van der Waals surface area contributed by atoms with E-state index in [2.05, 4.69) is 136 Å². The van der Waals surface area contributed by atoms with Gasteiger partial charge in [0, 0.05) is 59.4 Å². The molecule has 8 heteroatoms. The van der Waals surface area contributed by atoms with Crippen LogP contribution in [0.25, 0.3) is 82.7 Å². The minimum absolute atomic E-state index is 0.0186. The van der Waals surface area contributed by atoms with Gasteiger partial charge in [-0.1, -0.05) is 67.5 Å². The van der Waals surface area contributed by atoms with Crippen LogP contribution in [0.2, 0.25) is 0 Å². The molecular formula is C48H44N2S6. The number of hydrogen-bond donors (Lipinski definition) is 0. The van der Waals surface area contributed by atoms with Crippen LogP contribution in [0, 0.1) is 5.92 Å². The molecule has 2 nitrogen and oxygen atoms in total. The van der Waals surface area contributed by atoms with Crippen LogP contribution in [-0.2, 0) is 21.0 Å². The third kappa shape index (κ3) is 4.66. The Labute approximate surface area is 353 Å². The lowest BCUT2D eigenvalue weighted by Gasteiger charge is -2.30. The summed E-state index contributed by atoms with van der Waals surface area (Å²) in [7, 11) is 0. The predicted octanol–water partition coefficient (Wildman–Crippen LogP) is 16.4. The second-order valence-electron chi connectivity index (χ2n) is 18.5. The summed E-state index contributed by atoms with van der Waals surface area (Å²) in [4.78, 5) is 5.66. The average molecular weight is 841 g/mol. The highest BCUT2D eigenvalue weighted by Gasteiger charge is 2.45. The fourth-order valence-electron chi connectivity index (χ4n) is 9.58. The molecule has 0 unspecified atom stereocenters. The largest absolute Gasteiger partial charge is 0.173 e. The van der Waals surface area contributed by atoms with E-state index in [4.69, 9.17) is 8.75 Å². The number of thiophene rings is 4. The molecule has 282 valence electrons. The van der Waals surface area contributed by atoms with Gasteiger partial charge in [0.05, 0.1) is 11.7 Å². The van der Waals surface area contributed by atoms with Crippen LogP contribution in [0.3, 0.4) is 0 Å². The lowest BCUT2D eigenvalue weighted by molar-refractivity contribution is 0.375. The second-order valence-corrected chi connectivity index (χ2v) is 24.7. The zero-order valence-corrected chi connectivity index (χ0v) is 38.6. The standard InChI is InChI=1S/C48H44N2S6/c1-22(2)45(3,4)30-13-12-25(41-42(30)50-56-49-41)35-14-23-15-36-28(20-33(23)52-35)39-43(54-36)26-18-32-27(19-31(26)46(39,5)6)44-40(47(32,7)8)29-21-34-24(16-37(29)55-44)17-38(53-34)48(9,10)51-11/h12-22H,1-11H3. The number of nitrogens with zero attached hydrogens (tertiary/aromatic N) is 2. The van der Waals surface area contributed by atoms with E-state index in [-0.39, 0.29) is 21.0 Å². The molecule has 4 aromatic carbocycles. The number of fused-ring (bicyclic) bond motifs is 13. The molecule has 0 fully saturated rings. The number of rotatable bonds is 5. The Morgan fingerprint density at radius 1 is 0.607 bits per heavy atom. The molecule has 2 aliphatic rings. The summed E-state index contributed by atoms with van der Waals surface area (Å²) in [6, 6.07) is 24.5. The Balaban J connectivity index is 1.02. The van der Waals surface area contributed by atoms with Gasteiger partial charge < -0.3 is 0 Å². The van der Waals surface area contributed by atoms with E-state index in [9.17, 15) is 0 Å². The van der Waals surface area contributed by atoms with Crippen LogP contribution in [-0.4, -0.2) is 15.0 Å². The molecule has 0 amide bonds. The van der Waals surface area contributed by atoms with E-state index < -0.39 is 0 Å². The maximum Gasteiger partial charge on any atom is 0.113 e. The molecule has 5 heterocycles. The van der Waals surface area contributed by atoms with Gasteiger partial charge >= 0.3 is 0 Å². The summed E-state index contributed by atoms with van der Waals surface area (Å²) >= 11 is 11.1. The fourth-order valence-corrected chi connectivity index (χ4v) is 15.8. The van der Waals surface area contributed by atoms with Crippen molar-refractivity contribution in [2.24, 2.45) is 5.92 Å². The Hall–Kier alpha value is -3.11. The van der Waals surface area contributed by atoms with Gasteiger partial charge in [0.1, 0.15) is 11.0 Å². The minimum Gasteiger partial charge on any atom is -0.173 e. The number of hydrogen-bond acceptors (Lipinski definition) is 8. The number of benzene rings is 4.